The second-order valence-electron chi connectivity index (χ2n) is 12.5. The number of aliphatic hydroxyl groups is 1. The highest BCUT2D eigenvalue weighted by Gasteiger charge is 2.78. The maximum Gasteiger partial charge on any atom is 0.311 e. The van der Waals surface area contributed by atoms with Crippen molar-refractivity contribution in [3.63, 3.8) is 0 Å². The zero-order valence-corrected chi connectivity index (χ0v) is 26.4. The van der Waals surface area contributed by atoms with E-state index in [1.807, 2.05) is 63.2 Å². The fraction of sp³-hybridized carbons (Fsp3) is 0.514. The van der Waals surface area contributed by atoms with Gasteiger partial charge in [-0.3, -0.25) is 14.4 Å². The molecule has 0 aliphatic carbocycles. The van der Waals surface area contributed by atoms with Gasteiger partial charge in [0, 0.05) is 17.0 Å². The number of carbonyl (C=O) groups is 3. The Morgan fingerprint density at radius 3 is 2.60 bits per heavy atom. The summed E-state index contributed by atoms with van der Waals surface area (Å²) >= 11 is 1.62. The molecule has 0 radical (unpaired) electrons. The van der Waals surface area contributed by atoms with Crippen LogP contribution in [0, 0.1) is 17.8 Å². The average molecular weight is 605 g/mol. The Balaban J connectivity index is 1.59. The van der Waals surface area contributed by atoms with Crippen molar-refractivity contribution in [2.24, 2.45) is 17.8 Å². The molecule has 2 unspecified atom stereocenters. The van der Waals surface area contributed by atoms with Crippen LogP contribution in [0.2, 0.25) is 0 Å². The maximum atomic E-state index is 15.0. The summed E-state index contributed by atoms with van der Waals surface area (Å²) in [6.07, 6.45) is 6.97. The number of nitrogens with zero attached hydrogens (tertiary/aromatic N) is 2. The smallest absolute Gasteiger partial charge is 0.311 e. The third-order valence-electron chi connectivity index (χ3n) is 9.97. The highest BCUT2D eigenvalue weighted by Crippen LogP contribution is 2.72. The number of anilines is 1. The molecule has 3 heterocycles. The third-order valence-corrected chi connectivity index (χ3v) is 12.0. The number of hydrogen-bond donors (Lipinski definition) is 1. The van der Waals surface area contributed by atoms with E-state index in [4.69, 9.17) is 4.74 Å². The van der Waals surface area contributed by atoms with Gasteiger partial charge in [0.05, 0.1) is 35.8 Å². The van der Waals surface area contributed by atoms with Crippen LogP contribution in [-0.4, -0.2) is 69.1 Å². The molecule has 3 aliphatic heterocycles. The van der Waals surface area contributed by atoms with Crippen LogP contribution in [0.15, 0.2) is 67.8 Å². The van der Waals surface area contributed by atoms with Crippen molar-refractivity contribution in [2.45, 2.75) is 74.5 Å². The zero-order valence-electron chi connectivity index (χ0n) is 25.5. The summed E-state index contributed by atoms with van der Waals surface area (Å²) in [5.41, 5.74) is 0.724. The molecule has 43 heavy (non-hydrogen) atoms. The van der Waals surface area contributed by atoms with Crippen molar-refractivity contribution in [2.75, 3.05) is 24.7 Å². The van der Waals surface area contributed by atoms with Crippen molar-refractivity contribution >= 4 is 46.0 Å². The fourth-order valence-electron chi connectivity index (χ4n) is 7.61. The Bertz CT molecular complexity index is 1410. The number of carbonyl (C=O) groups excluding carboxylic acids is 3. The summed E-state index contributed by atoms with van der Waals surface area (Å²) in [4.78, 5) is 46.7. The number of rotatable bonds is 13. The fourth-order valence-corrected chi connectivity index (χ4v) is 9.93. The van der Waals surface area contributed by atoms with Crippen molar-refractivity contribution < 1.29 is 24.2 Å². The Morgan fingerprint density at radius 2 is 1.93 bits per heavy atom. The molecule has 3 saturated heterocycles. The summed E-state index contributed by atoms with van der Waals surface area (Å²) in [6.45, 7) is 14.0. The molecular weight excluding hydrogens is 560 g/mol. The molecule has 1 spiro atoms. The quantitative estimate of drug-likeness (QED) is 0.178. The van der Waals surface area contributed by atoms with Crippen LogP contribution >= 0.6 is 11.8 Å². The monoisotopic (exact) mass is 604 g/mol. The number of fused-ring (bicyclic) bond motifs is 2. The largest absolute Gasteiger partial charge is 0.465 e. The molecule has 2 bridgehead atoms. The van der Waals surface area contributed by atoms with Gasteiger partial charge in [0.2, 0.25) is 5.91 Å². The van der Waals surface area contributed by atoms with Crippen LogP contribution in [0.4, 0.5) is 5.69 Å². The number of benzene rings is 2. The molecule has 2 aromatic carbocycles. The van der Waals surface area contributed by atoms with E-state index >= 15 is 0 Å². The molecule has 7 atom stereocenters. The number of allylic oxidation sites excluding steroid dienone is 1. The standard InChI is InChI=1S/C35H44N2O5S/c1-6-9-12-20-42-33(41)29-28-31(39)37(27(22-38)23(4)8-3)30(35(28)18-17-34(29,5)43-35)32(40)36(19-7-2)26-16-15-24-13-10-11-14-25(24)21-26/h6-7,10-11,13-16,21,23,27-30,38H,1-2,8-9,12,17-20,22H2,3-5H3/t23-,27-,28-,29-,30?,34+,35?/m0/s1. The van der Waals surface area contributed by atoms with Crippen molar-refractivity contribution in [1.82, 2.24) is 4.90 Å². The van der Waals surface area contributed by atoms with Gasteiger partial charge < -0.3 is 19.6 Å². The van der Waals surface area contributed by atoms with Gasteiger partial charge in [0.25, 0.3) is 5.91 Å². The van der Waals surface area contributed by atoms with Gasteiger partial charge in [-0.1, -0.05) is 62.8 Å². The van der Waals surface area contributed by atoms with Gasteiger partial charge in [-0.05, 0) is 61.4 Å². The molecule has 230 valence electrons. The number of esters is 1. The Kier molecular flexibility index (Phi) is 9.10. The Labute approximate surface area is 259 Å². The minimum atomic E-state index is -0.840. The van der Waals surface area contributed by atoms with Crippen LogP contribution < -0.4 is 4.90 Å². The lowest BCUT2D eigenvalue weighted by atomic mass is 9.66. The van der Waals surface area contributed by atoms with E-state index in [0.29, 0.717) is 19.3 Å². The van der Waals surface area contributed by atoms with E-state index < -0.39 is 33.4 Å². The maximum absolute atomic E-state index is 15.0. The lowest BCUT2D eigenvalue weighted by Crippen LogP contribution is -2.58. The minimum absolute atomic E-state index is 0.0462. The predicted molar refractivity (Wildman–Crippen MR) is 173 cm³/mol. The number of hydrogen-bond acceptors (Lipinski definition) is 6. The summed E-state index contributed by atoms with van der Waals surface area (Å²) < 4.78 is 4.44. The van der Waals surface area contributed by atoms with E-state index in [2.05, 4.69) is 13.2 Å². The van der Waals surface area contributed by atoms with Crippen LogP contribution in [0.5, 0.6) is 0 Å². The molecule has 3 aliphatic rings. The summed E-state index contributed by atoms with van der Waals surface area (Å²) in [5.74, 6) is -2.20. The Morgan fingerprint density at radius 1 is 1.19 bits per heavy atom. The first-order valence-corrected chi connectivity index (χ1v) is 16.3. The lowest BCUT2D eigenvalue weighted by molar-refractivity contribution is -0.156. The van der Waals surface area contributed by atoms with E-state index in [9.17, 15) is 19.5 Å². The van der Waals surface area contributed by atoms with Gasteiger partial charge >= 0.3 is 5.97 Å². The van der Waals surface area contributed by atoms with Gasteiger partial charge in [0.15, 0.2) is 0 Å². The zero-order chi connectivity index (χ0) is 30.9. The highest BCUT2D eigenvalue weighted by atomic mass is 32.2. The minimum Gasteiger partial charge on any atom is -0.465 e. The first-order valence-electron chi connectivity index (χ1n) is 15.5. The van der Waals surface area contributed by atoms with Crippen molar-refractivity contribution in [3.05, 3.63) is 67.8 Å². The third kappa shape index (κ3) is 5.20. The molecule has 0 aromatic heterocycles. The molecule has 1 N–H and O–H groups in total. The average Bonchev–Trinajstić information content (AvgIpc) is 3.58. The number of thioether (sulfide) groups is 1. The normalized spacial score (nSPS) is 28.9. The van der Waals surface area contributed by atoms with Crippen LogP contribution in [0.1, 0.15) is 52.9 Å². The molecule has 2 amide bonds. The number of aliphatic hydroxyl groups excluding tert-OH is 1. The van der Waals surface area contributed by atoms with E-state index in [-0.39, 0.29) is 43.5 Å². The van der Waals surface area contributed by atoms with Crippen molar-refractivity contribution in [3.8, 4) is 0 Å². The molecule has 2 aromatic rings. The molecule has 5 rings (SSSR count). The SMILES string of the molecule is C=CCCCOC(=O)[C@@H]1[C@H]2C(=O)N([C@@H](CO)[C@@H](C)CC)C(C(=O)N(CC=C)c3ccc4ccccc4c3)C23CC[C@@]1(C)S3. The molecule has 7 nitrogen and oxygen atoms in total. The second-order valence-corrected chi connectivity index (χ2v) is 14.4. The van der Waals surface area contributed by atoms with Gasteiger partial charge in [-0.25, -0.2) is 0 Å². The number of likely N-dealkylation sites (tertiary alicyclic amines) is 1. The van der Waals surface area contributed by atoms with Gasteiger partial charge in [-0.15, -0.1) is 24.9 Å². The molecule has 8 heteroatoms. The second kappa shape index (κ2) is 12.5. The van der Waals surface area contributed by atoms with Crippen molar-refractivity contribution in [1.29, 1.82) is 0 Å². The first-order chi connectivity index (χ1) is 20.7. The summed E-state index contributed by atoms with van der Waals surface area (Å²) in [5, 5.41) is 12.7. The Hall–Kier alpha value is -3.10. The van der Waals surface area contributed by atoms with Crippen LogP contribution in [0.25, 0.3) is 10.8 Å². The summed E-state index contributed by atoms with van der Waals surface area (Å²) in [7, 11) is 0. The number of ether oxygens (including phenoxy) is 1. The molecular formula is C35H44N2O5S. The van der Waals surface area contributed by atoms with Gasteiger partial charge in [0.1, 0.15) is 6.04 Å². The summed E-state index contributed by atoms with van der Waals surface area (Å²) in [6, 6.07) is 12.5. The lowest BCUT2D eigenvalue weighted by Gasteiger charge is -2.41. The van der Waals surface area contributed by atoms with Gasteiger partial charge in [-0.2, -0.15) is 0 Å². The molecule has 3 fully saturated rings. The van der Waals surface area contributed by atoms with E-state index in [1.165, 1.54) is 0 Å². The number of unbranched alkanes of at least 4 members (excludes halogenated alkanes) is 1. The predicted octanol–water partition coefficient (Wildman–Crippen LogP) is 5.76. The van der Waals surface area contributed by atoms with Crippen LogP contribution in [0.3, 0.4) is 0 Å². The van der Waals surface area contributed by atoms with E-state index in [1.54, 1.807) is 33.7 Å². The first kappa shape index (κ1) is 31.3. The van der Waals surface area contributed by atoms with E-state index in [0.717, 1.165) is 29.3 Å². The molecule has 0 saturated carbocycles. The number of amides is 2. The topological polar surface area (TPSA) is 87.1 Å². The van der Waals surface area contributed by atoms with Crippen LogP contribution in [-0.2, 0) is 19.1 Å². The highest BCUT2D eigenvalue weighted by molar-refractivity contribution is 8.02.